The molecule has 6 nitrogen and oxygen atoms in total. The lowest BCUT2D eigenvalue weighted by Crippen LogP contribution is -2.29. The SMILES string of the molecule is COCC1=NN(c2ccc(F)cc2)C(=O)C1CC(=Cc1ccc(Cl)cc1)C(=O)O. The predicted octanol–water partition coefficient (Wildman–Crippen LogP) is 4.00. The van der Waals surface area contributed by atoms with Gasteiger partial charge in [-0.05, 0) is 54.5 Å². The Morgan fingerprint density at radius 1 is 1.24 bits per heavy atom. The van der Waals surface area contributed by atoms with Gasteiger partial charge < -0.3 is 9.84 Å². The second-order valence-corrected chi connectivity index (χ2v) is 6.87. The van der Waals surface area contributed by atoms with Gasteiger partial charge in [0, 0.05) is 17.7 Å². The van der Waals surface area contributed by atoms with Crippen LogP contribution in [0.2, 0.25) is 5.02 Å². The van der Waals surface area contributed by atoms with Gasteiger partial charge in [0.1, 0.15) is 5.82 Å². The summed E-state index contributed by atoms with van der Waals surface area (Å²) < 4.78 is 18.3. The number of ether oxygens (including phenoxy) is 1. The molecule has 0 saturated carbocycles. The maximum Gasteiger partial charge on any atom is 0.331 e. The number of hydrazone groups is 1. The van der Waals surface area contributed by atoms with Gasteiger partial charge in [-0.25, -0.2) is 14.2 Å². The number of hydrogen-bond donors (Lipinski definition) is 1. The Labute approximate surface area is 171 Å². The van der Waals surface area contributed by atoms with Crippen LogP contribution >= 0.6 is 11.6 Å². The fourth-order valence-electron chi connectivity index (χ4n) is 2.98. The smallest absolute Gasteiger partial charge is 0.331 e. The van der Waals surface area contributed by atoms with Crippen LogP contribution in [-0.4, -0.2) is 36.4 Å². The Balaban J connectivity index is 1.89. The zero-order valence-corrected chi connectivity index (χ0v) is 16.3. The molecule has 1 aliphatic rings. The molecule has 1 N–H and O–H groups in total. The number of rotatable bonds is 7. The van der Waals surface area contributed by atoms with Crippen LogP contribution in [0.15, 0.2) is 59.2 Å². The lowest BCUT2D eigenvalue weighted by molar-refractivity contribution is -0.132. The van der Waals surface area contributed by atoms with E-state index in [0.717, 1.165) is 5.01 Å². The molecule has 1 amide bonds. The van der Waals surface area contributed by atoms with Crippen molar-refractivity contribution in [3.05, 3.63) is 70.5 Å². The summed E-state index contributed by atoms with van der Waals surface area (Å²) in [6.45, 7) is 0.0714. The highest BCUT2D eigenvalue weighted by molar-refractivity contribution is 6.30. The summed E-state index contributed by atoms with van der Waals surface area (Å²) in [5, 5.41) is 15.6. The molecule has 0 aliphatic carbocycles. The van der Waals surface area contributed by atoms with Crippen molar-refractivity contribution in [1.82, 2.24) is 0 Å². The largest absolute Gasteiger partial charge is 0.478 e. The van der Waals surface area contributed by atoms with Gasteiger partial charge in [-0.15, -0.1) is 0 Å². The Bertz CT molecular complexity index is 971. The van der Waals surface area contributed by atoms with Gasteiger partial charge in [-0.1, -0.05) is 23.7 Å². The standard InChI is InChI=1S/C21H18ClFN2O4/c1-29-12-19-18(20(26)25(24-19)17-8-6-16(23)7-9-17)11-14(21(27)28)10-13-2-4-15(22)5-3-13/h2-10,18H,11-12H2,1H3,(H,27,28). The van der Waals surface area contributed by atoms with Gasteiger partial charge >= 0.3 is 5.97 Å². The van der Waals surface area contributed by atoms with E-state index in [4.69, 9.17) is 16.3 Å². The second kappa shape index (κ2) is 8.98. The van der Waals surface area contributed by atoms with E-state index in [0.29, 0.717) is 22.0 Å². The fraction of sp³-hybridized carbons (Fsp3) is 0.190. The van der Waals surface area contributed by atoms with Gasteiger partial charge in [-0.3, -0.25) is 4.79 Å². The van der Waals surface area contributed by atoms with Crippen molar-refractivity contribution in [2.75, 3.05) is 18.7 Å². The maximum absolute atomic E-state index is 13.2. The van der Waals surface area contributed by atoms with E-state index >= 15 is 0 Å². The van der Waals surface area contributed by atoms with Crippen LogP contribution in [-0.2, 0) is 14.3 Å². The monoisotopic (exact) mass is 416 g/mol. The summed E-state index contributed by atoms with van der Waals surface area (Å²) in [5.41, 5.74) is 1.50. The average Bonchev–Trinajstić information content (AvgIpc) is 2.99. The lowest BCUT2D eigenvalue weighted by atomic mass is 9.93. The summed E-state index contributed by atoms with van der Waals surface area (Å²) >= 11 is 5.86. The molecule has 1 atom stereocenters. The minimum Gasteiger partial charge on any atom is -0.478 e. The minimum atomic E-state index is -1.13. The van der Waals surface area contributed by atoms with E-state index < -0.39 is 23.6 Å². The Morgan fingerprint density at radius 2 is 1.90 bits per heavy atom. The van der Waals surface area contributed by atoms with E-state index in [2.05, 4.69) is 5.10 Å². The highest BCUT2D eigenvalue weighted by Gasteiger charge is 2.37. The van der Waals surface area contributed by atoms with E-state index in [-0.39, 0.29) is 18.6 Å². The van der Waals surface area contributed by atoms with E-state index in [1.807, 2.05) is 0 Å². The first-order valence-electron chi connectivity index (χ1n) is 8.74. The minimum absolute atomic E-state index is 0.0513. The fourth-order valence-corrected chi connectivity index (χ4v) is 3.10. The summed E-state index contributed by atoms with van der Waals surface area (Å²) in [5.74, 6) is -2.76. The number of aliphatic carboxylic acids is 1. The molecule has 0 fully saturated rings. The highest BCUT2D eigenvalue weighted by atomic mass is 35.5. The zero-order valence-electron chi connectivity index (χ0n) is 15.5. The first-order valence-corrected chi connectivity index (χ1v) is 9.12. The molecule has 0 radical (unpaired) electrons. The number of amides is 1. The van der Waals surface area contributed by atoms with Crippen molar-refractivity contribution in [2.24, 2.45) is 11.0 Å². The maximum atomic E-state index is 13.2. The number of carbonyl (C=O) groups excluding carboxylic acids is 1. The topological polar surface area (TPSA) is 79.2 Å². The van der Waals surface area contributed by atoms with Crippen molar-refractivity contribution in [1.29, 1.82) is 0 Å². The Hall–Kier alpha value is -3.03. The first-order chi connectivity index (χ1) is 13.9. The number of carboxylic acid groups (broad SMARTS) is 1. The number of methoxy groups -OCH3 is 1. The van der Waals surface area contributed by atoms with Crippen LogP contribution in [0.1, 0.15) is 12.0 Å². The number of carbonyl (C=O) groups is 2. The normalized spacial score (nSPS) is 16.9. The van der Waals surface area contributed by atoms with Crippen molar-refractivity contribution in [3.63, 3.8) is 0 Å². The molecule has 0 spiro atoms. The Kier molecular flexibility index (Phi) is 6.41. The number of carboxylic acids is 1. The van der Waals surface area contributed by atoms with Crippen molar-refractivity contribution < 1.29 is 23.8 Å². The average molecular weight is 417 g/mol. The van der Waals surface area contributed by atoms with Crippen LogP contribution in [0, 0.1) is 11.7 Å². The summed E-state index contributed by atoms with van der Waals surface area (Å²) in [4.78, 5) is 24.7. The van der Waals surface area contributed by atoms with Gasteiger partial charge in [0.2, 0.25) is 0 Å². The zero-order chi connectivity index (χ0) is 21.0. The third kappa shape index (κ3) is 4.88. The van der Waals surface area contributed by atoms with Gasteiger partial charge in [0.15, 0.2) is 0 Å². The van der Waals surface area contributed by atoms with Crippen molar-refractivity contribution >= 4 is 41.0 Å². The van der Waals surface area contributed by atoms with E-state index in [1.165, 1.54) is 37.5 Å². The molecule has 29 heavy (non-hydrogen) atoms. The first kappa shape index (κ1) is 20.7. The van der Waals surface area contributed by atoms with Gasteiger partial charge in [-0.2, -0.15) is 5.10 Å². The third-order valence-corrected chi connectivity index (χ3v) is 4.66. The van der Waals surface area contributed by atoms with Gasteiger partial charge in [0.25, 0.3) is 5.91 Å². The number of anilines is 1. The van der Waals surface area contributed by atoms with Crippen LogP contribution < -0.4 is 5.01 Å². The van der Waals surface area contributed by atoms with Crippen LogP contribution in [0.25, 0.3) is 6.08 Å². The van der Waals surface area contributed by atoms with Crippen LogP contribution in [0.3, 0.4) is 0 Å². The molecule has 1 aliphatic heterocycles. The molecule has 150 valence electrons. The molecule has 0 saturated heterocycles. The third-order valence-electron chi connectivity index (χ3n) is 4.41. The van der Waals surface area contributed by atoms with Crippen molar-refractivity contribution in [3.8, 4) is 0 Å². The summed E-state index contributed by atoms with van der Waals surface area (Å²) in [6, 6.07) is 12.0. The molecular formula is C21H18ClFN2O4. The van der Waals surface area contributed by atoms with Crippen LogP contribution in [0.4, 0.5) is 10.1 Å². The van der Waals surface area contributed by atoms with Gasteiger partial charge in [0.05, 0.1) is 23.9 Å². The summed E-state index contributed by atoms with van der Waals surface area (Å²) in [6.07, 6.45) is 1.44. The summed E-state index contributed by atoms with van der Waals surface area (Å²) in [7, 11) is 1.46. The second-order valence-electron chi connectivity index (χ2n) is 6.43. The molecule has 2 aromatic rings. The van der Waals surface area contributed by atoms with E-state index in [9.17, 15) is 19.1 Å². The molecule has 0 bridgehead atoms. The highest BCUT2D eigenvalue weighted by Crippen LogP contribution is 2.29. The quantitative estimate of drug-likeness (QED) is 0.692. The Morgan fingerprint density at radius 3 is 2.48 bits per heavy atom. The molecule has 1 heterocycles. The number of nitrogens with zero attached hydrogens (tertiary/aromatic N) is 2. The van der Waals surface area contributed by atoms with E-state index in [1.54, 1.807) is 24.3 Å². The lowest BCUT2D eigenvalue weighted by Gasteiger charge is -2.15. The number of hydrogen-bond acceptors (Lipinski definition) is 4. The molecule has 1 unspecified atom stereocenters. The molecule has 2 aromatic carbocycles. The molecule has 3 rings (SSSR count). The van der Waals surface area contributed by atoms with Crippen molar-refractivity contribution in [2.45, 2.75) is 6.42 Å². The number of benzene rings is 2. The predicted molar refractivity (Wildman–Crippen MR) is 108 cm³/mol. The number of halogens is 2. The molecular weight excluding hydrogens is 399 g/mol. The molecule has 0 aromatic heterocycles. The molecule has 8 heteroatoms. The van der Waals surface area contributed by atoms with Crippen LogP contribution in [0.5, 0.6) is 0 Å².